The molecule has 0 aromatic heterocycles. The third-order valence-corrected chi connectivity index (χ3v) is 2.13. The summed E-state index contributed by atoms with van der Waals surface area (Å²) in [5, 5.41) is 3.44. The molecule has 0 aromatic rings. The Bertz CT molecular complexity index is 104. The molecule has 2 unspecified atom stereocenters. The lowest BCUT2D eigenvalue weighted by molar-refractivity contribution is 0.494. The van der Waals surface area contributed by atoms with E-state index in [-0.39, 0.29) is 0 Å². The zero-order chi connectivity index (χ0) is 9.56. The second kappa shape index (κ2) is 6.53. The number of hydrogen-bond acceptors (Lipinski definition) is 1. The SMILES string of the molecule is CCC(C)[B]NC(C)CC(C)C. The molecule has 1 radical (unpaired) electrons. The standard InChI is InChI=1S/C10H23BN/c1-6-9(4)11-12-10(5)7-8(2)3/h8-10,12H,6-7H2,1-5H3. The average molecular weight is 168 g/mol. The largest absolute Gasteiger partial charge is 0.358 e. The van der Waals surface area contributed by atoms with Crippen molar-refractivity contribution in [3.8, 4) is 0 Å². The lowest BCUT2D eigenvalue weighted by atomic mass is 9.74. The molecule has 0 spiro atoms. The van der Waals surface area contributed by atoms with Crippen LogP contribution in [0.4, 0.5) is 0 Å². The highest BCUT2D eigenvalue weighted by Gasteiger charge is 2.06. The quantitative estimate of drug-likeness (QED) is 0.601. The van der Waals surface area contributed by atoms with Gasteiger partial charge in [0.1, 0.15) is 0 Å². The fourth-order valence-electron chi connectivity index (χ4n) is 1.22. The van der Waals surface area contributed by atoms with E-state index in [1.807, 2.05) is 0 Å². The molecule has 2 heteroatoms. The lowest BCUT2D eigenvalue weighted by Crippen LogP contribution is -2.32. The van der Waals surface area contributed by atoms with Gasteiger partial charge in [-0.15, -0.1) is 0 Å². The van der Waals surface area contributed by atoms with E-state index in [0.29, 0.717) is 11.9 Å². The molecular formula is C10H23BN. The second-order valence-electron chi connectivity index (χ2n) is 4.25. The molecule has 0 rings (SSSR count). The van der Waals surface area contributed by atoms with E-state index in [9.17, 15) is 0 Å². The first-order chi connectivity index (χ1) is 5.56. The predicted molar refractivity (Wildman–Crippen MR) is 57.5 cm³/mol. The summed E-state index contributed by atoms with van der Waals surface area (Å²) >= 11 is 0. The van der Waals surface area contributed by atoms with E-state index >= 15 is 0 Å². The Morgan fingerprint density at radius 2 is 1.75 bits per heavy atom. The molecule has 0 bridgehead atoms. The van der Waals surface area contributed by atoms with Crippen LogP contribution in [0.2, 0.25) is 5.82 Å². The van der Waals surface area contributed by atoms with Gasteiger partial charge in [-0.2, -0.15) is 0 Å². The monoisotopic (exact) mass is 168 g/mol. The molecule has 71 valence electrons. The summed E-state index contributed by atoms with van der Waals surface area (Å²) in [5.41, 5.74) is 0. The van der Waals surface area contributed by atoms with Crippen LogP contribution >= 0.6 is 0 Å². The predicted octanol–water partition coefficient (Wildman–Crippen LogP) is 2.85. The molecule has 0 saturated carbocycles. The van der Waals surface area contributed by atoms with E-state index in [4.69, 9.17) is 0 Å². The van der Waals surface area contributed by atoms with Gasteiger partial charge in [-0.25, -0.2) is 0 Å². The third kappa shape index (κ3) is 6.72. The molecule has 0 heterocycles. The summed E-state index contributed by atoms with van der Waals surface area (Å²) in [6, 6.07) is 0.624. The topological polar surface area (TPSA) is 12.0 Å². The van der Waals surface area contributed by atoms with Crippen molar-refractivity contribution in [2.24, 2.45) is 5.92 Å². The first kappa shape index (κ1) is 12.0. The van der Waals surface area contributed by atoms with Crippen LogP contribution in [-0.2, 0) is 0 Å². The van der Waals surface area contributed by atoms with Crippen molar-refractivity contribution < 1.29 is 0 Å². The molecule has 0 amide bonds. The van der Waals surface area contributed by atoms with Gasteiger partial charge < -0.3 is 5.23 Å². The minimum absolute atomic E-state index is 0.624. The van der Waals surface area contributed by atoms with Crippen molar-refractivity contribution in [2.45, 2.75) is 59.3 Å². The number of nitrogens with one attached hydrogen (secondary N) is 1. The van der Waals surface area contributed by atoms with Crippen molar-refractivity contribution in [1.82, 2.24) is 5.23 Å². The molecule has 1 nitrogen and oxygen atoms in total. The zero-order valence-corrected chi connectivity index (χ0v) is 9.22. The van der Waals surface area contributed by atoms with Crippen LogP contribution in [0.1, 0.15) is 47.5 Å². The van der Waals surface area contributed by atoms with E-state index in [0.717, 1.165) is 5.92 Å². The van der Waals surface area contributed by atoms with E-state index in [1.54, 1.807) is 0 Å². The minimum Gasteiger partial charge on any atom is -0.358 e. The van der Waals surface area contributed by atoms with Gasteiger partial charge in [0.25, 0.3) is 0 Å². The second-order valence-corrected chi connectivity index (χ2v) is 4.25. The van der Waals surface area contributed by atoms with Gasteiger partial charge in [0.05, 0.1) is 0 Å². The van der Waals surface area contributed by atoms with Crippen molar-refractivity contribution >= 4 is 7.41 Å². The first-order valence-electron chi connectivity index (χ1n) is 5.15. The Morgan fingerprint density at radius 1 is 1.17 bits per heavy atom. The Labute approximate surface area is 78.6 Å². The van der Waals surface area contributed by atoms with Crippen LogP contribution in [0.3, 0.4) is 0 Å². The van der Waals surface area contributed by atoms with Gasteiger partial charge in [0.2, 0.25) is 7.41 Å². The maximum absolute atomic E-state index is 3.44. The van der Waals surface area contributed by atoms with E-state index < -0.39 is 0 Å². The molecule has 0 aromatic carbocycles. The highest BCUT2D eigenvalue weighted by Crippen LogP contribution is 2.07. The van der Waals surface area contributed by atoms with Crippen LogP contribution < -0.4 is 5.23 Å². The van der Waals surface area contributed by atoms with Crippen molar-refractivity contribution in [3.63, 3.8) is 0 Å². The Hall–Kier alpha value is 0.0249. The van der Waals surface area contributed by atoms with Crippen LogP contribution in [0, 0.1) is 5.92 Å². The average Bonchev–Trinajstić information content (AvgIpc) is 1.99. The molecule has 2 atom stereocenters. The summed E-state index contributed by atoms with van der Waals surface area (Å²) in [6.07, 6.45) is 2.48. The van der Waals surface area contributed by atoms with E-state index in [1.165, 1.54) is 12.8 Å². The first-order valence-corrected chi connectivity index (χ1v) is 5.15. The fraction of sp³-hybridized carbons (Fsp3) is 1.00. The smallest absolute Gasteiger partial charge is 0.208 e. The summed E-state index contributed by atoms with van der Waals surface area (Å²) in [5.74, 6) is 1.48. The Kier molecular flexibility index (Phi) is 6.54. The highest BCUT2D eigenvalue weighted by molar-refractivity contribution is 6.34. The maximum atomic E-state index is 3.44. The van der Waals surface area contributed by atoms with Crippen LogP contribution in [0.25, 0.3) is 0 Å². The molecule has 0 saturated heterocycles. The van der Waals surface area contributed by atoms with Crippen LogP contribution in [0.5, 0.6) is 0 Å². The normalized spacial score (nSPS) is 16.2. The fourth-order valence-corrected chi connectivity index (χ4v) is 1.22. The summed E-state index contributed by atoms with van der Waals surface area (Å²) in [6.45, 7) is 11.2. The number of hydrogen-bond donors (Lipinski definition) is 1. The molecule has 12 heavy (non-hydrogen) atoms. The molecule has 1 N–H and O–H groups in total. The zero-order valence-electron chi connectivity index (χ0n) is 9.22. The Morgan fingerprint density at radius 3 is 2.17 bits per heavy atom. The Balaban J connectivity index is 3.36. The number of rotatable bonds is 6. The van der Waals surface area contributed by atoms with E-state index in [2.05, 4.69) is 47.3 Å². The third-order valence-electron chi connectivity index (χ3n) is 2.13. The van der Waals surface area contributed by atoms with Gasteiger partial charge in [-0.3, -0.25) is 0 Å². The van der Waals surface area contributed by atoms with Gasteiger partial charge in [-0.1, -0.05) is 46.9 Å². The summed E-state index contributed by atoms with van der Waals surface area (Å²) in [4.78, 5) is 0. The van der Waals surface area contributed by atoms with Gasteiger partial charge in [-0.05, 0) is 18.4 Å². The summed E-state index contributed by atoms with van der Waals surface area (Å²) < 4.78 is 0. The van der Waals surface area contributed by atoms with Gasteiger partial charge in [0.15, 0.2) is 0 Å². The van der Waals surface area contributed by atoms with Crippen LogP contribution in [0.15, 0.2) is 0 Å². The summed E-state index contributed by atoms with van der Waals surface area (Å²) in [7, 11) is 2.23. The minimum atomic E-state index is 0.624. The molecule has 0 fully saturated rings. The molecule has 0 aliphatic rings. The molecule has 0 aliphatic carbocycles. The molecular weight excluding hydrogens is 145 g/mol. The van der Waals surface area contributed by atoms with Gasteiger partial charge in [0, 0.05) is 0 Å². The van der Waals surface area contributed by atoms with Crippen molar-refractivity contribution in [2.75, 3.05) is 0 Å². The molecule has 0 aliphatic heterocycles. The maximum Gasteiger partial charge on any atom is 0.208 e. The van der Waals surface area contributed by atoms with Crippen molar-refractivity contribution in [3.05, 3.63) is 0 Å². The van der Waals surface area contributed by atoms with Crippen molar-refractivity contribution in [1.29, 1.82) is 0 Å². The van der Waals surface area contributed by atoms with Crippen LogP contribution in [-0.4, -0.2) is 13.5 Å². The van der Waals surface area contributed by atoms with Gasteiger partial charge >= 0.3 is 0 Å². The highest BCUT2D eigenvalue weighted by atomic mass is 14.8. The lowest BCUT2D eigenvalue weighted by Gasteiger charge is -2.17.